The lowest BCUT2D eigenvalue weighted by atomic mass is 10.1. The average molecular weight is 311 g/mol. The van der Waals surface area contributed by atoms with Crippen molar-refractivity contribution in [3.8, 4) is 0 Å². The minimum atomic E-state index is -0.638. The summed E-state index contributed by atoms with van der Waals surface area (Å²) in [5.41, 5.74) is 0.501. The van der Waals surface area contributed by atoms with Gasteiger partial charge in [0.05, 0.1) is 18.3 Å². The summed E-state index contributed by atoms with van der Waals surface area (Å²) in [7, 11) is 3.91. The highest BCUT2D eigenvalue weighted by Gasteiger charge is 2.31. The SMILES string of the molecule is CCNC(=NCC1(O)CCSC1)N(C)Cc1cnn(C)c1. The van der Waals surface area contributed by atoms with Crippen molar-refractivity contribution in [2.24, 2.45) is 12.0 Å². The van der Waals surface area contributed by atoms with Crippen molar-refractivity contribution in [3.63, 3.8) is 0 Å². The molecule has 1 aliphatic heterocycles. The first-order chi connectivity index (χ1) is 10.0. The number of aliphatic imine (C=N–C) groups is 1. The fourth-order valence-corrected chi connectivity index (χ4v) is 3.60. The van der Waals surface area contributed by atoms with Crippen LogP contribution in [0.4, 0.5) is 0 Å². The summed E-state index contributed by atoms with van der Waals surface area (Å²) < 4.78 is 1.80. The molecule has 21 heavy (non-hydrogen) atoms. The first-order valence-corrected chi connectivity index (χ1v) is 8.45. The van der Waals surface area contributed by atoms with E-state index in [1.807, 2.05) is 33.4 Å². The molecule has 118 valence electrons. The fraction of sp³-hybridized carbons (Fsp3) is 0.714. The zero-order valence-corrected chi connectivity index (χ0v) is 13.9. The van der Waals surface area contributed by atoms with Gasteiger partial charge in [0.25, 0.3) is 0 Å². The quantitative estimate of drug-likeness (QED) is 0.618. The molecule has 2 N–H and O–H groups in total. The van der Waals surface area contributed by atoms with Crippen molar-refractivity contribution < 1.29 is 5.11 Å². The summed E-state index contributed by atoms with van der Waals surface area (Å²) in [6.45, 7) is 4.06. The van der Waals surface area contributed by atoms with Gasteiger partial charge in [-0.15, -0.1) is 0 Å². The Hall–Kier alpha value is -1.21. The number of aliphatic hydroxyl groups is 1. The van der Waals surface area contributed by atoms with E-state index in [1.54, 1.807) is 16.4 Å². The number of rotatable bonds is 5. The molecule has 0 aliphatic carbocycles. The van der Waals surface area contributed by atoms with E-state index in [9.17, 15) is 5.11 Å². The molecular formula is C14H25N5OS. The zero-order valence-electron chi connectivity index (χ0n) is 13.0. The molecular weight excluding hydrogens is 286 g/mol. The summed E-state index contributed by atoms with van der Waals surface area (Å²) in [5, 5.41) is 17.9. The highest BCUT2D eigenvalue weighted by Crippen LogP contribution is 2.27. The molecule has 1 atom stereocenters. The molecule has 0 spiro atoms. The molecule has 1 aliphatic rings. The molecule has 0 radical (unpaired) electrons. The topological polar surface area (TPSA) is 65.7 Å². The van der Waals surface area contributed by atoms with Crippen molar-refractivity contribution in [1.82, 2.24) is 20.0 Å². The smallest absolute Gasteiger partial charge is 0.194 e. The molecule has 6 nitrogen and oxygen atoms in total. The van der Waals surface area contributed by atoms with E-state index in [2.05, 4.69) is 20.3 Å². The molecule has 2 heterocycles. The van der Waals surface area contributed by atoms with E-state index in [0.29, 0.717) is 6.54 Å². The number of nitrogens with zero attached hydrogens (tertiary/aromatic N) is 4. The second-order valence-electron chi connectivity index (χ2n) is 5.58. The fourth-order valence-electron chi connectivity index (χ4n) is 2.32. The van der Waals surface area contributed by atoms with E-state index < -0.39 is 5.60 Å². The van der Waals surface area contributed by atoms with E-state index in [-0.39, 0.29) is 0 Å². The van der Waals surface area contributed by atoms with Gasteiger partial charge >= 0.3 is 0 Å². The summed E-state index contributed by atoms with van der Waals surface area (Å²) in [5.74, 6) is 2.63. The molecule has 1 aromatic heterocycles. The first kappa shape index (κ1) is 16.2. The predicted molar refractivity (Wildman–Crippen MR) is 87.5 cm³/mol. The van der Waals surface area contributed by atoms with Crippen molar-refractivity contribution in [1.29, 1.82) is 0 Å². The molecule has 1 fully saturated rings. The van der Waals surface area contributed by atoms with E-state index in [1.165, 1.54) is 0 Å². The van der Waals surface area contributed by atoms with Crippen LogP contribution in [0.15, 0.2) is 17.4 Å². The van der Waals surface area contributed by atoms with Gasteiger partial charge in [-0.3, -0.25) is 9.67 Å². The lowest BCUT2D eigenvalue weighted by Crippen LogP contribution is -2.40. The normalized spacial score (nSPS) is 22.6. The first-order valence-electron chi connectivity index (χ1n) is 7.29. The molecule has 1 aromatic rings. The van der Waals surface area contributed by atoms with Crippen LogP contribution in [0.5, 0.6) is 0 Å². The summed E-state index contributed by atoms with van der Waals surface area (Å²) in [6, 6.07) is 0. The highest BCUT2D eigenvalue weighted by atomic mass is 32.2. The Morgan fingerprint density at radius 3 is 3.05 bits per heavy atom. The number of aromatic nitrogens is 2. The molecule has 0 bridgehead atoms. The van der Waals surface area contributed by atoms with Crippen molar-refractivity contribution in [3.05, 3.63) is 18.0 Å². The maximum Gasteiger partial charge on any atom is 0.194 e. The average Bonchev–Trinajstić information content (AvgIpc) is 3.04. The standard InChI is InChI=1S/C14H25N5OS/c1-4-15-13(16-10-14(20)5-6-21-11-14)18(2)8-12-7-17-19(3)9-12/h7,9,20H,4-6,8,10-11H2,1-3H3,(H,15,16). The van der Waals surface area contributed by atoms with Crippen LogP contribution >= 0.6 is 11.8 Å². The van der Waals surface area contributed by atoms with Crippen LogP contribution < -0.4 is 5.32 Å². The lowest BCUT2D eigenvalue weighted by Gasteiger charge is -2.24. The Morgan fingerprint density at radius 2 is 2.48 bits per heavy atom. The number of aryl methyl sites for hydroxylation is 1. The monoisotopic (exact) mass is 311 g/mol. The van der Waals surface area contributed by atoms with Gasteiger partial charge in [-0.1, -0.05) is 0 Å². The van der Waals surface area contributed by atoms with Crippen LogP contribution in [0.1, 0.15) is 18.9 Å². The third-order valence-corrected chi connectivity index (χ3v) is 4.71. The molecule has 1 unspecified atom stereocenters. The second-order valence-corrected chi connectivity index (χ2v) is 6.68. The molecule has 2 rings (SSSR count). The Bertz CT molecular complexity index is 481. The van der Waals surface area contributed by atoms with Crippen LogP contribution in [-0.2, 0) is 13.6 Å². The Morgan fingerprint density at radius 1 is 1.67 bits per heavy atom. The molecule has 0 saturated carbocycles. The van der Waals surface area contributed by atoms with Gasteiger partial charge in [0, 0.05) is 44.7 Å². The van der Waals surface area contributed by atoms with E-state index in [0.717, 1.165) is 42.5 Å². The Labute approximate surface area is 130 Å². The maximum atomic E-state index is 10.4. The van der Waals surface area contributed by atoms with Crippen molar-refractivity contribution >= 4 is 17.7 Å². The molecule has 7 heteroatoms. The van der Waals surface area contributed by atoms with Gasteiger partial charge in [0.2, 0.25) is 0 Å². The minimum absolute atomic E-state index is 0.458. The number of guanidine groups is 1. The largest absolute Gasteiger partial charge is 0.387 e. The minimum Gasteiger partial charge on any atom is -0.387 e. The molecule has 0 aromatic carbocycles. The van der Waals surface area contributed by atoms with Crippen LogP contribution in [0.2, 0.25) is 0 Å². The van der Waals surface area contributed by atoms with Crippen molar-refractivity contribution in [2.75, 3.05) is 31.6 Å². The molecule has 0 amide bonds. The highest BCUT2D eigenvalue weighted by molar-refractivity contribution is 7.99. The van der Waals surface area contributed by atoms with Gasteiger partial charge in [0.15, 0.2) is 5.96 Å². The second kappa shape index (κ2) is 7.17. The maximum absolute atomic E-state index is 10.4. The summed E-state index contributed by atoms with van der Waals surface area (Å²) in [4.78, 5) is 6.67. The van der Waals surface area contributed by atoms with E-state index >= 15 is 0 Å². The van der Waals surface area contributed by atoms with Crippen LogP contribution in [-0.4, -0.2) is 63.0 Å². The third-order valence-electron chi connectivity index (χ3n) is 3.48. The summed E-state index contributed by atoms with van der Waals surface area (Å²) in [6.07, 6.45) is 4.69. The summed E-state index contributed by atoms with van der Waals surface area (Å²) >= 11 is 1.80. The number of thioether (sulfide) groups is 1. The molecule has 1 saturated heterocycles. The zero-order chi connectivity index (χ0) is 15.3. The number of hydrogen-bond donors (Lipinski definition) is 2. The van der Waals surface area contributed by atoms with Gasteiger partial charge in [-0.05, 0) is 19.1 Å². The predicted octanol–water partition coefficient (Wildman–Crippen LogP) is 0.685. The van der Waals surface area contributed by atoms with Crippen LogP contribution in [0.25, 0.3) is 0 Å². The van der Waals surface area contributed by atoms with Gasteiger partial charge < -0.3 is 15.3 Å². The Balaban J connectivity index is 1.99. The number of nitrogens with one attached hydrogen (secondary N) is 1. The third kappa shape index (κ3) is 4.64. The Kier molecular flexibility index (Phi) is 5.52. The van der Waals surface area contributed by atoms with Crippen molar-refractivity contribution in [2.45, 2.75) is 25.5 Å². The van der Waals surface area contributed by atoms with Gasteiger partial charge in [0.1, 0.15) is 0 Å². The van der Waals surface area contributed by atoms with Gasteiger partial charge in [-0.2, -0.15) is 16.9 Å². The van der Waals surface area contributed by atoms with Crippen LogP contribution in [0.3, 0.4) is 0 Å². The lowest BCUT2D eigenvalue weighted by molar-refractivity contribution is 0.0776. The number of hydrogen-bond acceptors (Lipinski definition) is 4. The van der Waals surface area contributed by atoms with Gasteiger partial charge in [-0.25, -0.2) is 0 Å². The van der Waals surface area contributed by atoms with E-state index in [4.69, 9.17) is 0 Å². The van der Waals surface area contributed by atoms with Crippen LogP contribution in [0, 0.1) is 0 Å².